The van der Waals surface area contributed by atoms with Gasteiger partial charge in [-0.15, -0.1) is 0 Å². The molecule has 0 radical (unpaired) electrons. The maximum Gasteiger partial charge on any atom is 0.416 e. The van der Waals surface area contributed by atoms with Gasteiger partial charge in [0.05, 0.1) is 16.0 Å². The van der Waals surface area contributed by atoms with Crippen molar-refractivity contribution in [1.29, 1.82) is 0 Å². The number of aromatic nitrogens is 1. The Labute approximate surface area is 217 Å². The number of ether oxygens (including phenoxy) is 1. The lowest BCUT2D eigenvalue weighted by Crippen LogP contribution is -2.40. The predicted molar refractivity (Wildman–Crippen MR) is 122 cm³/mol. The summed E-state index contributed by atoms with van der Waals surface area (Å²) in [6.07, 6.45) is -9.46. The van der Waals surface area contributed by atoms with Crippen LogP contribution in [0.15, 0.2) is 51.8 Å². The van der Waals surface area contributed by atoms with Crippen LogP contribution >= 0.6 is 0 Å². The Morgan fingerprint density at radius 3 is 2.21 bits per heavy atom. The van der Waals surface area contributed by atoms with Crippen LogP contribution < -0.4 is 4.74 Å². The van der Waals surface area contributed by atoms with Crippen LogP contribution in [-0.2, 0) is 33.8 Å². The van der Waals surface area contributed by atoms with E-state index in [1.165, 1.54) is 31.2 Å². The molecule has 2 aromatic carbocycles. The number of carbonyl (C=O) groups is 1. The van der Waals surface area contributed by atoms with Crippen LogP contribution in [0.1, 0.15) is 35.4 Å². The maximum atomic E-state index is 13.2. The van der Waals surface area contributed by atoms with Crippen molar-refractivity contribution in [2.24, 2.45) is 0 Å². The molecule has 1 atom stereocenters. The van der Waals surface area contributed by atoms with E-state index in [1.54, 1.807) is 0 Å². The number of sulfonamides is 1. The molecule has 1 fully saturated rings. The first-order chi connectivity index (χ1) is 18.1. The van der Waals surface area contributed by atoms with Crippen molar-refractivity contribution < 1.29 is 53.8 Å². The summed E-state index contributed by atoms with van der Waals surface area (Å²) in [5, 5.41) is 9.27. The first-order valence-corrected chi connectivity index (χ1v) is 12.7. The van der Waals surface area contributed by atoms with Crippen molar-refractivity contribution in [1.82, 2.24) is 9.29 Å². The Hall–Kier alpha value is -3.59. The molecular weight excluding hydrogens is 558 g/mol. The van der Waals surface area contributed by atoms with Gasteiger partial charge in [-0.25, -0.2) is 13.4 Å². The smallest absolute Gasteiger partial charge is 0.416 e. The average Bonchev–Trinajstić information content (AvgIpc) is 3.49. The second-order valence-electron chi connectivity index (χ2n) is 8.69. The van der Waals surface area contributed by atoms with Crippen LogP contribution in [0.4, 0.5) is 26.3 Å². The highest BCUT2D eigenvalue weighted by molar-refractivity contribution is 7.89. The van der Waals surface area contributed by atoms with Crippen LogP contribution in [0.2, 0.25) is 0 Å². The molecule has 0 aliphatic carbocycles. The second-order valence-corrected chi connectivity index (χ2v) is 10.6. The van der Waals surface area contributed by atoms with Gasteiger partial charge in [-0.3, -0.25) is 4.79 Å². The number of aliphatic carboxylic acids is 1. The molecule has 0 unspecified atom stereocenters. The molecule has 1 aliphatic rings. The van der Waals surface area contributed by atoms with Gasteiger partial charge in [0.2, 0.25) is 15.9 Å². The minimum atomic E-state index is -5.04. The van der Waals surface area contributed by atoms with Crippen molar-refractivity contribution in [3.05, 3.63) is 65.0 Å². The highest BCUT2D eigenvalue weighted by Gasteiger charge is 2.40. The molecule has 1 aliphatic heterocycles. The van der Waals surface area contributed by atoms with Crippen LogP contribution in [0.25, 0.3) is 11.5 Å². The Morgan fingerprint density at radius 1 is 1.08 bits per heavy atom. The summed E-state index contributed by atoms with van der Waals surface area (Å²) in [6, 6.07) is 4.93. The van der Waals surface area contributed by atoms with Gasteiger partial charge >= 0.3 is 18.3 Å². The van der Waals surface area contributed by atoms with Gasteiger partial charge in [0.25, 0.3) is 0 Å². The molecule has 0 bridgehead atoms. The van der Waals surface area contributed by atoms with Gasteiger partial charge in [-0.1, -0.05) is 0 Å². The Balaban J connectivity index is 1.52. The highest BCUT2D eigenvalue weighted by Crippen LogP contribution is 2.39. The van der Waals surface area contributed by atoms with E-state index in [0.717, 1.165) is 4.31 Å². The van der Waals surface area contributed by atoms with Gasteiger partial charge in [0.15, 0.2) is 0 Å². The summed E-state index contributed by atoms with van der Waals surface area (Å²) in [5.41, 5.74) is -3.46. The molecule has 3 aromatic rings. The number of halogens is 6. The molecule has 1 N–H and O–H groups in total. The number of alkyl halides is 6. The minimum Gasteiger partial charge on any atom is -0.487 e. The van der Waals surface area contributed by atoms with Gasteiger partial charge in [-0.2, -0.15) is 30.6 Å². The maximum absolute atomic E-state index is 13.2. The standard InChI is InChI=1S/C24H20F6N2O6S/c1-13-19(31-21(38-13)14-9-15(23(25,26)27)11-16(10-14)24(28,29)30)12-37-17-4-6-18(7-5-17)39(35,36)32-8-2-3-20(32)22(33)34/h4-7,9-11,20H,2-3,8,12H2,1H3,(H,33,34)/t20-/m1/s1. The van der Waals surface area contributed by atoms with E-state index in [-0.39, 0.29) is 47.7 Å². The van der Waals surface area contributed by atoms with E-state index < -0.39 is 57.0 Å². The lowest BCUT2D eigenvalue weighted by atomic mass is 10.0. The van der Waals surface area contributed by atoms with Crippen LogP contribution in [-0.4, -0.2) is 41.4 Å². The Morgan fingerprint density at radius 2 is 1.67 bits per heavy atom. The number of carboxylic acids is 1. The minimum absolute atomic E-state index is 0.00126. The summed E-state index contributed by atoms with van der Waals surface area (Å²) in [5.74, 6) is -1.45. The van der Waals surface area contributed by atoms with E-state index in [4.69, 9.17) is 9.15 Å². The molecule has 4 rings (SSSR count). The third-order valence-corrected chi connectivity index (χ3v) is 7.94. The Bertz CT molecular complexity index is 1450. The van der Waals surface area contributed by atoms with E-state index in [2.05, 4.69) is 4.98 Å². The van der Waals surface area contributed by atoms with E-state index in [0.29, 0.717) is 18.6 Å². The van der Waals surface area contributed by atoms with Crippen molar-refractivity contribution in [3.8, 4) is 17.2 Å². The SMILES string of the molecule is Cc1oc(-c2cc(C(F)(F)F)cc(C(F)(F)F)c2)nc1COc1ccc(S(=O)(=O)N2CCC[C@@H]2C(=O)O)cc1. The van der Waals surface area contributed by atoms with Gasteiger partial charge in [0, 0.05) is 12.1 Å². The third-order valence-electron chi connectivity index (χ3n) is 6.02. The molecule has 0 saturated carbocycles. The lowest BCUT2D eigenvalue weighted by molar-refractivity contribution is -0.143. The van der Waals surface area contributed by atoms with Crippen LogP contribution in [0, 0.1) is 6.92 Å². The number of carboxylic acid groups (broad SMARTS) is 1. The third kappa shape index (κ3) is 6.03. The topological polar surface area (TPSA) is 110 Å². The average molecular weight is 578 g/mol. The summed E-state index contributed by atoms with van der Waals surface area (Å²) in [4.78, 5) is 15.2. The molecule has 39 heavy (non-hydrogen) atoms. The van der Waals surface area contributed by atoms with Gasteiger partial charge in [-0.05, 0) is 62.2 Å². The largest absolute Gasteiger partial charge is 0.487 e. The van der Waals surface area contributed by atoms with Gasteiger partial charge < -0.3 is 14.3 Å². The van der Waals surface area contributed by atoms with Gasteiger partial charge in [0.1, 0.15) is 29.9 Å². The number of rotatable bonds is 7. The zero-order chi connectivity index (χ0) is 28.8. The Kier molecular flexibility index (Phi) is 7.42. The molecule has 1 aromatic heterocycles. The van der Waals surface area contributed by atoms with Crippen molar-refractivity contribution in [2.45, 2.75) is 49.7 Å². The molecule has 210 valence electrons. The number of hydrogen-bond donors (Lipinski definition) is 1. The number of oxazole rings is 1. The van der Waals surface area contributed by atoms with Crippen molar-refractivity contribution in [2.75, 3.05) is 6.54 Å². The molecule has 0 amide bonds. The van der Waals surface area contributed by atoms with E-state index in [9.17, 15) is 44.7 Å². The number of benzene rings is 2. The zero-order valence-corrected chi connectivity index (χ0v) is 20.8. The normalized spacial score (nSPS) is 16.9. The quantitative estimate of drug-likeness (QED) is 0.369. The first kappa shape index (κ1) is 28.4. The van der Waals surface area contributed by atoms with E-state index >= 15 is 0 Å². The molecular formula is C24H20F6N2O6S. The molecule has 1 saturated heterocycles. The predicted octanol–water partition coefficient (Wildman–Crippen LogP) is 5.50. The highest BCUT2D eigenvalue weighted by atomic mass is 32.2. The molecule has 8 nitrogen and oxygen atoms in total. The number of nitrogens with zero attached hydrogens (tertiary/aromatic N) is 2. The fourth-order valence-corrected chi connectivity index (χ4v) is 5.68. The number of aryl methyl sites for hydroxylation is 1. The summed E-state index contributed by atoms with van der Waals surface area (Å²) >= 11 is 0. The molecule has 15 heteroatoms. The second kappa shape index (κ2) is 10.2. The summed E-state index contributed by atoms with van der Waals surface area (Å²) in [7, 11) is -4.07. The first-order valence-electron chi connectivity index (χ1n) is 11.3. The summed E-state index contributed by atoms with van der Waals surface area (Å²) < 4.78 is 117. The van der Waals surface area contributed by atoms with Crippen LogP contribution in [0.5, 0.6) is 5.75 Å². The van der Waals surface area contributed by atoms with Crippen molar-refractivity contribution in [3.63, 3.8) is 0 Å². The monoisotopic (exact) mass is 578 g/mol. The fraction of sp³-hybridized carbons (Fsp3) is 0.333. The summed E-state index contributed by atoms with van der Waals surface area (Å²) in [6.45, 7) is 1.18. The molecule has 0 spiro atoms. The fourth-order valence-electron chi connectivity index (χ4n) is 4.03. The van der Waals surface area contributed by atoms with E-state index in [1.807, 2.05) is 0 Å². The van der Waals surface area contributed by atoms with Crippen LogP contribution in [0.3, 0.4) is 0 Å². The molecule has 2 heterocycles. The number of hydrogen-bond acceptors (Lipinski definition) is 6. The zero-order valence-electron chi connectivity index (χ0n) is 20.0. The lowest BCUT2D eigenvalue weighted by Gasteiger charge is -2.21. The van der Waals surface area contributed by atoms with Crippen molar-refractivity contribution >= 4 is 16.0 Å².